The predicted octanol–water partition coefficient (Wildman–Crippen LogP) is 2.60. The molecule has 0 aliphatic rings. The highest BCUT2D eigenvalue weighted by molar-refractivity contribution is 7.93. The van der Waals surface area contributed by atoms with Crippen molar-refractivity contribution in [3.05, 3.63) is 40.1 Å². The SMILES string of the molecule is COC(=O)c1sccc1S(=O)(=O)Nc1cccc(NC(C)=O)c1C. The maximum absolute atomic E-state index is 12.6. The van der Waals surface area contributed by atoms with Crippen molar-refractivity contribution >= 4 is 44.6 Å². The number of hydrogen-bond donors (Lipinski definition) is 2. The Morgan fingerprint density at radius 3 is 2.46 bits per heavy atom. The largest absolute Gasteiger partial charge is 0.465 e. The van der Waals surface area contributed by atoms with E-state index in [0.717, 1.165) is 11.3 Å². The highest BCUT2D eigenvalue weighted by Crippen LogP contribution is 2.28. The molecule has 0 unspecified atom stereocenters. The lowest BCUT2D eigenvalue weighted by Crippen LogP contribution is -2.17. The zero-order chi connectivity index (χ0) is 17.9. The van der Waals surface area contributed by atoms with Gasteiger partial charge in [-0.3, -0.25) is 9.52 Å². The summed E-state index contributed by atoms with van der Waals surface area (Å²) in [5.74, 6) is -0.974. The number of nitrogens with one attached hydrogen (secondary N) is 2. The summed E-state index contributed by atoms with van der Waals surface area (Å²) in [4.78, 5) is 22.7. The first-order chi connectivity index (χ1) is 11.3. The molecule has 24 heavy (non-hydrogen) atoms. The molecular weight excluding hydrogens is 352 g/mol. The van der Waals surface area contributed by atoms with Crippen molar-refractivity contribution in [2.24, 2.45) is 0 Å². The average molecular weight is 368 g/mol. The molecule has 1 aromatic heterocycles. The molecule has 0 bridgehead atoms. The molecule has 1 heterocycles. The van der Waals surface area contributed by atoms with Gasteiger partial charge in [0.05, 0.1) is 12.8 Å². The Morgan fingerprint density at radius 1 is 1.17 bits per heavy atom. The lowest BCUT2D eigenvalue weighted by molar-refractivity contribution is -0.114. The molecule has 1 aromatic carbocycles. The molecule has 0 saturated carbocycles. The van der Waals surface area contributed by atoms with E-state index in [4.69, 9.17) is 0 Å². The van der Waals surface area contributed by atoms with E-state index in [1.54, 1.807) is 25.1 Å². The normalized spacial score (nSPS) is 11.0. The number of sulfonamides is 1. The molecular formula is C15H16N2O5S2. The van der Waals surface area contributed by atoms with Gasteiger partial charge in [-0.25, -0.2) is 13.2 Å². The molecule has 9 heteroatoms. The quantitative estimate of drug-likeness (QED) is 0.790. The summed E-state index contributed by atoms with van der Waals surface area (Å²) in [5.41, 5.74) is 1.37. The fourth-order valence-electron chi connectivity index (χ4n) is 2.02. The van der Waals surface area contributed by atoms with Crippen LogP contribution >= 0.6 is 11.3 Å². The molecule has 0 saturated heterocycles. The summed E-state index contributed by atoms with van der Waals surface area (Å²) >= 11 is 0.985. The second kappa shape index (κ2) is 7.02. The minimum atomic E-state index is -3.98. The van der Waals surface area contributed by atoms with Crippen molar-refractivity contribution in [3.8, 4) is 0 Å². The van der Waals surface area contributed by atoms with Gasteiger partial charge in [-0.2, -0.15) is 0 Å². The first kappa shape index (κ1) is 18.0. The van der Waals surface area contributed by atoms with Gasteiger partial charge in [0.1, 0.15) is 9.77 Å². The Hall–Kier alpha value is -2.39. The fraction of sp³-hybridized carbons (Fsp3) is 0.200. The second-order valence-corrected chi connectivity index (χ2v) is 7.44. The van der Waals surface area contributed by atoms with E-state index in [1.807, 2.05) is 0 Å². The molecule has 0 spiro atoms. The number of ether oxygens (including phenoxy) is 1. The Kier molecular flexibility index (Phi) is 5.25. The number of rotatable bonds is 5. The van der Waals surface area contributed by atoms with Gasteiger partial charge in [0.2, 0.25) is 5.91 Å². The van der Waals surface area contributed by atoms with Gasteiger partial charge in [-0.15, -0.1) is 11.3 Å². The van der Waals surface area contributed by atoms with Gasteiger partial charge in [-0.05, 0) is 36.1 Å². The van der Waals surface area contributed by atoms with Crippen LogP contribution in [-0.4, -0.2) is 27.4 Å². The average Bonchev–Trinajstić information content (AvgIpc) is 3.00. The number of thiophene rings is 1. The summed E-state index contributed by atoms with van der Waals surface area (Å²) in [6, 6.07) is 6.19. The van der Waals surface area contributed by atoms with Crippen LogP contribution in [-0.2, 0) is 19.6 Å². The maximum Gasteiger partial charge on any atom is 0.349 e. The third kappa shape index (κ3) is 3.74. The summed E-state index contributed by atoms with van der Waals surface area (Å²) < 4.78 is 32.2. The van der Waals surface area contributed by atoms with Crippen LogP contribution in [0, 0.1) is 6.92 Å². The third-order valence-corrected chi connectivity index (χ3v) is 5.61. The van der Waals surface area contributed by atoms with E-state index in [-0.39, 0.29) is 15.7 Å². The third-order valence-electron chi connectivity index (χ3n) is 3.18. The Morgan fingerprint density at radius 2 is 1.83 bits per heavy atom. The van der Waals surface area contributed by atoms with Gasteiger partial charge in [0.25, 0.3) is 10.0 Å². The zero-order valence-corrected chi connectivity index (χ0v) is 14.9. The van der Waals surface area contributed by atoms with Crippen molar-refractivity contribution in [1.29, 1.82) is 0 Å². The van der Waals surface area contributed by atoms with Gasteiger partial charge in [-0.1, -0.05) is 6.07 Å². The lowest BCUT2D eigenvalue weighted by atomic mass is 10.1. The lowest BCUT2D eigenvalue weighted by Gasteiger charge is -2.14. The van der Waals surface area contributed by atoms with Gasteiger partial charge < -0.3 is 10.1 Å². The predicted molar refractivity (Wildman–Crippen MR) is 91.9 cm³/mol. The van der Waals surface area contributed by atoms with E-state index in [0.29, 0.717) is 16.9 Å². The molecule has 7 nitrogen and oxygen atoms in total. The highest BCUT2D eigenvalue weighted by atomic mass is 32.2. The van der Waals surface area contributed by atoms with Gasteiger partial charge in [0, 0.05) is 12.6 Å². The first-order valence-electron chi connectivity index (χ1n) is 6.82. The van der Waals surface area contributed by atoms with E-state index < -0.39 is 16.0 Å². The number of hydrogen-bond acceptors (Lipinski definition) is 6. The van der Waals surface area contributed by atoms with E-state index >= 15 is 0 Å². The van der Waals surface area contributed by atoms with Crippen LogP contribution < -0.4 is 10.0 Å². The molecule has 0 atom stereocenters. The van der Waals surface area contributed by atoms with Crippen molar-refractivity contribution in [2.45, 2.75) is 18.7 Å². The molecule has 1 amide bonds. The number of benzene rings is 1. The number of amides is 1. The fourth-order valence-corrected chi connectivity index (χ4v) is 4.48. The highest BCUT2D eigenvalue weighted by Gasteiger charge is 2.25. The van der Waals surface area contributed by atoms with Crippen molar-refractivity contribution in [2.75, 3.05) is 17.1 Å². The van der Waals surface area contributed by atoms with E-state index in [1.165, 1.54) is 25.5 Å². The zero-order valence-electron chi connectivity index (χ0n) is 13.2. The Bertz CT molecular complexity index is 887. The summed E-state index contributed by atoms with van der Waals surface area (Å²) in [5, 5.41) is 4.13. The molecule has 2 aromatic rings. The monoisotopic (exact) mass is 368 g/mol. The van der Waals surface area contributed by atoms with Crippen LogP contribution in [0.1, 0.15) is 22.2 Å². The molecule has 0 aliphatic heterocycles. The van der Waals surface area contributed by atoms with Crippen LogP contribution in [0.4, 0.5) is 11.4 Å². The van der Waals surface area contributed by atoms with Crippen molar-refractivity contribution in [3.63, 3.8) is 0 Å². The number of methoxy groups -OCH3 is 1. The van der Waals surface area contributed by atoms with E-state index in [2.05, 4.69) is 14.8 Å². The molecule has 0 aliphatic carbocycles. The van der Waals surface area contributed by atoms with Gasteiger partial charge in [0.15, 0.2) is 0 Å². The van der Waals surface area contributed by atoms with Crippen LogP contribution in [0.25, 0.3) is 0 Å². The van der Waals surface area contributed by atoms with Crippen molar-refractivity contribution in [1.82, 2.24) is 0 Å². The maximum atomic E-state index is 12.6. The van der Waals surface area contributed by atoms with Crippen molar-refractivity contribution < 1.29 is 22.7 Å². The van der Waals surface area contributed by atoms with Crippen LogP contribution in [0.3, 0.4) is 0 Å². The Balaban J connectivity index is 2.39. The minimum Gasteiger partial charge on any atom is -0.465 e. The summed E-state index contributed by atoms with van der Waals surface area (Å²) in [6.07, 6.45) is 0. The number of carbonyl (C=O) groups is 2. The van der Waals surface area contributed by atoms with Gasteiger partial charge >= 0.3 is 5.97 Å². The minimum absolute atomic E-state index is 0.000619. The number of carbonyl (C=O) groups excluding carboxylic acids is 2. The molecule has 2 rings (SSSR count). The molecule has 0 fully saturated rings. The molecule has 0 radical (unpaired) electrons. The molecule has 2 N–H and O–H groups in total. The smallest absolute Gasteiger partial charge is 0.349 e. The number of anilines is 2. The van der Waals surface area contributed by atoms with Crippen LogP contribution in [0.5, 0.6) is 0 Å². The van der Waals surface area contributed by atoms with Crippen LogP contribution in [0.2, 0.25) is 0 Å². The second-order valence-electron chi connectivity index (χ2n) is 4.87. The van der Waals surface area contributed by atoms with Crippen LogP contribution in [0.15, 0.2) is 34.5 Å². The first-order valence-corrected chi connectivity index (χ1v) is 9.18. The molecule has 128 valence electrons. The topological polar surface area (TPSA) is 102 Å². The number of esters is 1. The summed E-state index contributed by atoms with van der Waals surface area (Å²) in [7, 11) is -2.79. The summed E-state index contributed by atoms with van der Waals surface area (Å²) in [6.45, 7) is 3.04. The Labute approximate surface area is 143 Å². The standard InChI is InChI=1S/C15H16N2O5S2/c1-9-11(16-10(2)18)5-4-6-12(9)17-24(20,21)13-7-8-23-14(13)15(19)22-3/h4-8,17H,1-3H3,(H,16,18). The van der Waals surface area contributed by atoms with E-state index in [9.17, 15) is 18.0 Å².